The van der Waals surface area contributed by atoms with Crippen LogP contribution in [0.2, 0.25) is 5.02 Å². The zero-order chi connectivity index (χ0) is 8.43. The van der Waals surface area contributed by atoms with Crippen LogP contribution in [0.25, 0.3) is 0 Å². The van der Waals surface area contributed by atoms with Crippen molar-refractivity contribution in [3.05, 3.63) is 33.0 Å². The van der Waals surface area contributed by atoms with Crippen LogP contribution in [0.5, 0.6) is 0 Å². The van der Waals surface area contributed by atoms with Crippen LogP contribution in [0.1, 0.15) is 5.56 Å². The van der Waals surface area contributed by atoms with Gasteiger partial charge in [0.1, 0.15) is 11.9 Å². The number of rotatable bonds is 0. The summed E-state index contributed by atoms with van der Waals surface area (Å²) in [6, 6.07) is 4.35. The van der Waals surface area contributed by atoms with E-state index in [0.717, 1.165) is 6.07 Å². The Labute approximate surface area is 76.5 Å². The van der Waals surface area contributed by atoms with Gasteiger partial charge in [0.25, 0.3) is 0 Å². The number of nitrogens with zero attached hydrogens (tertiary/aromatic N) is 1. The molecule has 0 bridgehead atoms. The Morgan fingerprint density at radius 2 is 2.18 bits per heavy atom. The van der Waals surface area contributed by atoms with Gasteiger partial charge in [0.15, 0.2) is 0 Å². The second-order valence-corrected chi connectivity index (χ2v) is 3.09. The second-order valence-electron chi connectivity index (χ2n) is 1.86. The molecule has 0 radical (unpaired) electrons. The fourth-order valence-corrected chi connectivity index (χ4v) is 1.16. The van der Waals surface area contributed by atoms with Crippen LogP contribution in [0, 0.1) is 17.1 Å². The molecule has 0 heterocycles. The lowest BCUT2D eigenvalue weighted by Gasteiger charge is -1.96. The topological polar surface area (TPSA) is 23.8 Å². The van der Waals surface area contributed by atoms with E-state index < -0.39 is 5.82 Å². The van der Waals surface area contributed by atoms with E-state index in [1.807, 2.05) is 0 Å². The van der Waals surface area contributed by atoms with E-state index in [4.69, 9.17) is 16.9 Å². The molecule has 1 aromatic carbocycles. The first kappa shape index (κ1) is 8.51. The van der Waals surface area contributed by atoms with Crippen LogP contribution in [-0.4, -0.2) is 0 Å². The van der Waals surface area contributed by atoms with Gasteiger partial charge >= 0.3 is 0 Å². The molecule has 56 valence electrons. The third-order valence-corrected chi connectivity index (χ3v) is 2.14. The maximum absolute atomic E-state index is 12.7. The van der Waals surface area contributed by atoms with Crippen LogP contribution >= 0.6 is 27.5 Å². The highest BCUT2D eigenvalue weighted by atomic mass is 79.9. The van der Waals surface area contributed by atoms with Crippen LogP contribution < -0.4 is 0 Å². The van der Waals surface area contributed by atoms with Crippen LogP contribution in [-0.2, 0) is 0 Å². The van der Waals surface area contributed by atoms with E-state index in [0.29, 0.717) is 0 Å². The number of halogens is 3. The summed E-state index contributed by atoms with van der Waals surface area (Å²) in [5.74, 6) is -0.519. The molecule has 0 spiro atoms. The highest BCUT2D eigenvalue weighted by Gasteiger charge is 2.06. The second kappa shape index (κ2) is 3.21. The van der Waals surface area contributed by atoms with Crippen molar-refractivity contribution in [2.24, 2.45) is 0 Å². The van der Waals surface area contributed by atoms with Crippen molar-refractivity contribution in [3.8, 4) is 6.07 Å². The van der Waals surface area contributed by atoms with Crippen molar-refractivity contribution in [2.45, 2.75) is 0 Å². The van der Waals surface area contributed by atoms with Crippen LogP contribution in [0.3, 0.4) is 0 Å². The summed E-state index contributed by atoms with van der Waals surface area (Å²) < 4.78 is 12.9. The molecule has 11 heavy (non-hydrogen) atoms. The van der Waals surface area contributed by atoms with Crippen LogP contribution in [0.4, 0.5) is 4.39 Å². The minimum absolute atomic E-state index is 0.157. The Morgan fingerprint density at radius 3 is 2.73 bits per heavy atom. The summed E-state index contributed by atoms with van der Waals surface area (Å²) in [6.07, 6.45) is 0. The summed E-state index contributed by atoms with van der Waals surface area (Å²) >= 11 is 8.41. The molecule has 0 atom stereocenters. The SMILES string of the molecule is N#Cc1cc(Cl)cc(F)c1Br. The highest BCUT2D eigenvalue weighted by Crippen LogP contribution is 2.23. The lowest BCUT2D eigenvalue weighted by Crippen LogP contribution is -1.83. The third-order valence-electron chi connectivity index (χ3n) is 1.11. The van der Waals surface area contributed by atoms with E-state index in [1.54, 1.807) is 6.07 Å². The van der Waals surface area contributed by atoms with E-state index in [2.05, 4.69) is 15.9 Å². The highest BCUT2D eigenvalue weighted by molar-refractivity contribution is 9.10. The maximum atomic E-state index is 12.7. The monoisotopic (exact) mass is 233 g/mol. The summed E-state index contributed by atoms with van der Waals surface area (Å²) in [6.45, 7) is 0. The van der Waals surface area contributed by atoms with Gasteiger partial charge in [0.05, 0.1) is 10.0 Å². The van der Waals surface area contributed by atoms with Gasteiger partial charge in [0, 0.05) is 5.02 Å². The minimum Gasteiger partial charge on any atom is -0.206 e. The first-order valence-electron chi connectivity index (χ1n) is 2.70. The molecule has 0 aliphatic rings. The van der Waals surface area contributed by atoms with Gasteiger partial charge in [-0.05, 0) is 28.1 Å². The Bertz CT molecular complexity index is 332. The molecule has 0 amide bonds. The van der Waals surface area contributed by atoms with Gasteiger partial charge in [-0.2, -0.15) is 5.26 Å². The average molecular weight is 234 g/mol. The van der Waals surface area contributed by atoms with Crippen molar-refractivity contribution in [1.82, 2.24) is 0 Å². The zero-order valence-electron chi connectivity index (χ0n) is 5.24. The third kappa shape index (κ3) is 1.70. The number of nitriles is 1. The summed E-state index contributed by atoms with van der Waals surface area (Å²) in [7, 11) is 0. The van der Waals surface area contributed by atoms with Crippen molar-refractivity contribution >= 4 is 27.5 Å². The van der Waals surface area contributed by atoms with E-state index in [9.17, 15) is 4.39 Å². The number of hydrogen-bond donors (Lipinski definition) is 0. The molecular weight excluding hydrogens is 232 g/mol. The fourth-order valence-electron chi connectivity index (χ4n) is 0.637. The summed E-state index contributed by atoms with van der Waals surface area (Å²) in [5.41, 5.74) is 0.204. The molecule has 0 aliphatic heterocycles. The molecule has 1 nitrogen and oxygen atoms in total. The quantitative estimate of drug-likeness (QED) is 0.633. The molecule has 0 saturated heterocycles. The molecule has 1 rings (SSSR count). The zero-order valence-corrected chi connectivity index (χ0v) is 7.58. The Morgan fingerprint density at radius 1 is 1.55 bits per heavy atom. The predicted octanol–water partition coefficient (Wildman–Crippen LogP) is 3.11. The standard InChI is InChI=1S/C7H2BrClFN/c8-7-4(3-11)1-5(9)2-6(7)10/h1-2H. The lowest BCUT2D eigenvalue weighted by atomic mass is 10.2. The molecule has 0 saturated carbocycles. The lowest BCUT2D eigenvalue weighted by molar-refractivity contribution is 0.620. The normalized spacial score (nSPS) is 9.27. The van der Waals surface area contributed by atoms with Crippen molar-refractivity contribution in [1.29, 1.82) is 5.26 Å². The van der Waals surface area contributed by atoms with Crippen molar-refractivity contribution in [3.63, 3.8) is 0 Å². The molecule has 0 aromatic heterocycles. The van der Waals surface area contributed by atoms with Gasteiger partial charge in [-0.15, -0.1) is 0 Å². The first-order chi connectivity index (χ1) is 5.15. The van der Waals surface area contributed by atoms with E-state index in [-0.39, 0.29) is 15.1 Å². The molecule has 0 N–H and O–H groups in total. The van der Waals surface area contributed by atoms with Gasteiger partial charge in [-0.3, -0.25) is 0 Å². The smallest absolute Gasteiger partial charge is 0.140 e. The van der Waals surface area contributed by atoms with Gasteiger partial charge in [0.2, 0.25) is 0 Å². The number of benzene rings is 1. The Balaban J connectivity index is 3.39. The summed E-state index contributed by atoms with van der Waals surface area (Å²) in [4.78, 5) is 0. The molecule has 4 heteroatoms. The minimum atomic E-state index is -0.519. The first-order valence-corrected chi connectivity index (χ1v) is 3.87. The molecule has 0 unspecified atom stereocenters. The maximum Gasteiger partial charge on any atom is 0.140 e. The van der Waals surface area contributed by atoms with Gasteiger partial charge in [-0.1, -0.05) is 11.6 Å². The molecular formula is C7H2BrClFN. The molecule has 1 aromatic rings. The van der Waals surface area contributed by atoms with E-state index >= 15 is 0 Å². The molecule has 0 aliphatic carbocycles. The Hall–Kier alpha value is -0.590. The van der Waals surface area contributed by atoms with Gasteiger partial charge < -0.3 is 0 Å². The van der Waals surface area contributed by atoms with Crippen molar-refractivity contribution < 1.29 is 4.39 Å². The Kier molecular flexibility index (Phi) is 2.48. The predicted molar refractivity (Wildman–Crippen MR) is 43.8 cm³/mol. The largest absolute Gasteiger partial charge is 0.206 e. The molecule has 0 fully saturated rings. The number of hydrogen-bond acceptors (Lipinski definition) is 1. The van der Waals surface area contributed by atoms with E-state index in [1.165, 1.54) is 6.07 Å². The van der Waals surface area contributed by atoms with Crippen molar-refractivity contribution in [2.75, 3.05) is 0 Å². The summed E-state index contributed by atoms with van der Waals surface area (Å²) in [5, 5.41) is 8.69. The average Bonchev–Trinajstić information content (AvgIpc) is 1.96. The fraction of sp³-hybridized carbons (Fsp3) is 0. The van der Waals surface area contributed by atoms with Gasteiger partial charge in [-0.25, -0.2) is 4.39 Å². The van der Waals surface area contributed by atoms with Crippen LogP contribution in [0.15, 0.2) is 16.6 Å².